The number of carbonyl (C=O) groups excluding carboxylic acids is 2. The minimum absolute atomic E-state index is 0.119. The van der Waals surface area contributed by atoms with E-state index in [1.165, 1.54) is 24.3 Å². The Hall–Kier alpha value is -2.58. The van der Waals surface area contributed by atoms with Crippen LogP contribution in [0.2, 0.25) is 5.02 Å². The normalized spacial score (nSPS) is 11.5. The van der Waals surface area contributed by atoms with Crippen molar-refractivity contribution in [2.75, 3.05) is 17.3 Å². The average Bonchev–Trinajstić information content (AvgIpc) is 2.65. The number of hydrogen-bond donors (Lipinski definition) is 2. The van der Waals surface area contributed by atoms with Gasteiger partial charge >= 0.3 is 0 Å². The van der Waals surface area contributed by atoms with Gasteiger partial charge in [0.1, 0.15) is 6.04 Å². The molecule has 0 aliphatic carbocycles. The van der Waals surface area contributed by atoms with Gasteiger partial charge in [-0.05, 0) is 42.7 Å². The third-order valence-corrected chi connectivity index (χ3v) is 4.52. The molecule has 2 amide bonds. The van der Waals surface area contributed by atoms with Gasteiger partial charge in [0, 0.05) is 28.4 Å². The highest BCUT2D eigenvalue weighted by molar-refractivity contribution is 7.98. The molecule has 2 aromatic rings. The summed E-state index contributed by atoms with van der Waals surface area (Å²) in [6.45, 7) is 0. The Labute approximate surface area is 165 Å². The van der Waals surface area contributed by atoms with E-state index < -0.39 is 16.9 Å². The molecule has 0 aliphatic rings. The van der Waals surface area contributed by atoms with Crippen LogP contribution in [0, 0.1) is 10.1 Å². The number of anilines is 1. The highest BCUT2D eigenvalue weighted by atomic mass is 35.5. The fraction of sp³-hybridized carbons (Fsp3) is 0.222. The first kappa shape index (κ1) is 20.7. The van der Waals surface area contributed by atoms with Crippen LogP contribution in [0.5, 0.6) is 0 Å². The van der Waals surface area contributed by atoms with Gasteiger partial charge in [0.15, 0.2) is 0 Å². The van der Waals surface area contributed by atoms with Crippen molar-refractivity contribution in [1.82, 2.24) is 5.32 Å². The molecule has 27 heavy (non-hydrogen) atoms. The van der Waals surface area contributed by atoms with Crippen LogP contribution < -0.4 is 10.6 Å². The van der Waals surface area contributed by atoms with Crippen LogP contribution in [0.3, 0.4) is 0 Å². The second kappa shape index (κ2) is 9.94. The first-order valence-corrected chi connectivity index (χ1v) is 9.78. The van der Waals surface area contributed by atoms with E-state index in [0.717, 1.165) is 0 Å². The molecule has 0 saturated carbocycles. The molecule has 7 nitrogen and oxygen atoms in total. The van der Waals surface area contributed by atoms with Crippen molar-refractivity contribution >= 4 is 46.6 Å². The standard InChI is InChI=1S/C18H18ClN3O4S/c1-27-9-8-16(18(24)20-14-6-3-5-13(19)11-14)21-17(23)12-4-2-7-15(10-12)22(25)26/h2-7,10-11,16H,8-9H2,1H3,(H,20,24)(H,21,23)/t16-/m0/s1. The van der Waals surface area contributed by atoms with Crippen LogP contribution in [0.25, 0.3) is 0 Å². The molecule has 142 valence electrons. The Morgan fingerprint density at radius 2 is 1.96 bits per heavy atom. The van der Waals surface area contributed by atoms with Crippen LogP contribution >= 0.6 is 23.4 Å². The average molecular weight is 408 g/mol. The first-order valence-electron chi connectivity index (χ1n) is 8.01. The smallest absolute Gasteiger partial charge is 0.270 e. The molecular weight excluding hydrogens is 390 g/mol. The predicted octanol–water partition coefficient (Wildman–Crippen LogP) is 3.74. The maximum atomic E-state index is 12.6. The summed E-state index contributed by atoms with van der Waals surface area (Å²) in [7, 11) is 0. The number of rotatable bonds is 8. The largest absolute Gasteiger partial charge is 0.340 e. The van der Waals surface area contributed by atoms with Crippen molar-refractivity contribution in [3.05, 3.63) is 69.2 Å². The molecule has 0 fully saturated rings. The van der Waals surface area contributed by atoms with E-state index in [-0.39, 0.29) is 17.2 Å². The van der Waals surface area contributed by atoms with Crippen molar-refractivity contribution < 1.29 is 14.5 Å². The summed E-state index contributed by atoms with van der Waals surface area (Å²) in [6.07, 6.45) is 2.31. The summed E-state index contributed by atoms with van der Waals surface area (Å²) in [5.41, 5.74) is 0.451. The number of nitro benzene ring substituents is 1. The summed E-state index contributed by atoms with van der Waals surface area (Å²) >= 11 is 7.46. The highest BCUT2D eigenvalue weighted by Crippen LogP contribution is 2.16. The second-order valence-corrected chi connectivity index (χ2v) is 7.04. The van der Waals surface area contributed by atoms with E-state index in [2.05, 4.69) is 10.6 Å². The fourth-order valence-corrected chi connectivity index (χ4v) is 2.96. The number of nitro groups is 1. The molecule has 1 atom stereocenters. The third kappa shape index (κ3) is 6.26. The summed E-state index contributed by atoms with van der Waals surface area (Å²) < 4.78 is 0. The molecule has 0 spiro atoms. The Kier molecular flexibility index (Phi) is 7.63. The van der Waals surface area contributed by atoms with Crippen molar-refractivity contribution in [2.24, 2.45) is 0 Å². The molecule has 2 rings (SSSR count). The van der Waals surface area contributed by atoms with E-state index in [1.54, 1.807) is 36.0 Å². The number of thioether (sulfide) groups is 1. The van der Waals surface area contributed by atoms with Gasteiger partial charge in [0.25, 0.3) is 11.6 Å². The molecule has 0 aliphatic heterocycles. The first-order chi connectivity index (χ1) is 12.9. The van der Waals surface area contributed by atoms with E-state index in [4.69, 9.17) is 11.6 Å². The number of hydrogen-bond acceptors (Lipinski definition) is 5. The zero-order valence-corrected chi connectivity index (χ0v) is 16.0. The van der Waals surface area contributed by atoms with E-state index >= 15 is 0 Å². The minimum Gasteiger partial charge on any atom is -0.340 e. The van der Waals surface area contributed by atoms with Crippen molar-refractivity contribution in [1.29, 1.82) is 0 Å². The lowest BCUT2D eigenvalue weighted by Gasteiger charge is -2.18. The van der Waals surface area contributed by atoms with E-state index in [1.807, 2.05) is 6.26 Å². The van der Waals surface area contributed by atoms with Gasteiger partial charge in [-0.15, -0.1) is 0 Å². The lowest BCUT2D eigenvalue weighted by molar-refractivity contribution is -0.384. The zero-order chi connectivity index (χ0) is 19.8. The SMILES string of the molecule is CSCC[C@H](NC(=O)c1cccc([N+](=O)[O-])c1)C(=O)Nc1cccc(Cl)c1. The summed E-state index contributed by atoms with van der Waals surface area (Å²) in [5.74, 6) is -0.279. The van der Waals surface area contributed by atoms with Crippen LogP contribution in [0.15, 0.2) is 48.5 Å². The van der Waals surface area contributed by atoms with Gasteiger partial charge in [-0.2, -0.15) is 11.8 Å². The molecular formula is C18H18ClN3O4S. The van der Waals surface area contributed by atoms with Crippen molar-refractivity contribution in [3.63, 3.8) is 0 Å². The Morgan fingerprint density at radius 3 is 2.63 bits per heavy atom. The fourth-order valence-electron chi connectivity index (χ4n) is 2.30. The zero-order valence-electron chi connectivity index (χ0n) is 14.5. The lowest BCUT2D eigenvalue weighted by atomic mass is 10.1. The summed E-state index contributed by atoms with van der Waals surface area (Å²) in [4.78, 5) is 35.3. The number of halogens is 1. The Morgan fingerprint density at radius 1 is 1.22 bits per heavy atom. The molecule has 0 saturated heterocycles. The predicted molar refractivity (Wildman–Crippen MR) is 107 cm³/mol. The summed E-state index contributed by atoms with van der Waals surface area (Å²) in [5, 5.41) is 16.7. The molecule has 2 N–H and O–H groups in total. The van der Waals surface area contributed by atoms with Gasteiger partial charge in [-0.25, -0.2) is 0 Å². The monoisotopic (exact) mass is 407 g/mol. The minimum atomic E-state index is -0.789. The van der Waals surface area contributed by atoms with Crippen LogP contribution in [0.1, 0.15) is 16.8 Å². The molecule has 0 aromatic heterocycles. The molecule has 0 bridgehead atoms. The summed E-state index contributed by atoms with van der Waals surface area (Å²) in [6, 6.07) is 11.3. The van der Waals surface area contributed by atoms with Gasteiger partial charge in [0.2, 0.25) is 5.91 Å². The lowest BCUT2D eigenvalue weighted by Crippen LogP contribution is -2.44. The highest BCUT2D eigenvalue weighted by Gasteiger charge is 2.22. The number of nitrogens with zero attached hydrogens (tertiary/aromatic N) is 1. The number of non-ortho nitro benzene ring substituents is 1. The van der Waals surface area contributed by atoms with Gasteiger partial charge in [-0.3, -0.25) is 19.7 Å². The van der Waals surface area contributed by atoms with Crippen LogP contribution in [-0.4, -0.2) is 34.8 Å². The van der Waals surface area contributed by atoms with Crippen molar-refractivity contribution in [2.45, 2.75) is 12.5 Å². The molecule has 0 radical (unpaired) electrons. The van der Waals surface area contributed by atoms with Crippen LogP contribution in [0.4, 0.5) is 11.4 Å². The molecule has 2 aromatic carbocycles. The van der Waals surface area contributed by atoms with Gasteiger partial charge in [-0.1, -0.05) is 23.7 Å². The Bertz CT molecular complexity index is 847. The topological polar surface area (TPSA) is 101 Å². The maximum absolute atomic E-state index is 12.6. The maximum Gasteiger partial charge on any atom is 0.270 e. The van der Waals surface area contributed by atoms with Gasteiger partial charge in [0.05, 0.1) is 4.92 Å². The molecule has 9 heteroatoms. The Balaban J connectivity index is 2.13. The third-order valence-electron chi connectivity index (χ3n) is 3.64. The number of carbonyl (C=O) groups is 2. The second-order valence-electron chi connectivity index (χ2n) is 5.61. The van der Waals surface area contributed by atoms with E-state index in [9.17, 15) is 19.7 Å². The van der Waals surface area contributed by atoms with Crippen LogP contribution in [-0.2, 0) is 4.79 Å². The van der Waals surface area contributed by atoms with E-state index in [0.29, 0.717) is 22.9 Å². The number of nitrogens with one attached hydrogen (secondary N) is 2. The van der Waals surface area contributed by atoms with Crippen molar-refractivity contribution in [3.8, 4) is 0 Å². The molecule has 0 unspecified atom stereocenters. The molecule has 0 heterocycles. The van der Waals surface area contributed by atoms with Gasteiger partial charge < -0.3 is 10.6 Å². The number of benzene rings is 2. The number of amides is 2. The quantitative estimate of drug-likeness (QED) is 0.512.